The fourth-order valence-electron chi connectivity index (χ4n) is 3.30. The topological polar surface area (TPSA) is 41.0 Å². The number of aromatic amines is 1. The summed E-state index contributed by atoms with van der Waals surface area (Å²) in [6, 6.07) is 8.28. The lowest BCUT2D eigenvalue weighted by atomic mass is 10.0. The molecule has 0 aliphatic carbocycles. The first kappa shape index (κ1) is 14.1. The Bertz CT molecular complexity index is 662. The van der Waals surface area contributed by atoms with E-state index >= 15 is 0 Å². The number of likely N-dealkylation sites (tertiary alicyclic amines) is 1. The van der Waals surface area contributed by atoms with E-state index in [1.165, 1.54) is 6.42 Å². The quantitative estimate of drug-likeness (QED) is 0.678. The second-order valence-corrected chi connectivity index (χ2v) is 5.82. The van der Waals surface area contributed by atoms with Crippen LogP contribution < -0.4 is 5.69 Å². The molecule has 1 saturated heterocycles. The first-order chi connectivity index (χ1) is 10.3. The highest BCUT2D eigenvalue weighted by Crippen LogP contribution is 2.24. The molecule has 1 fully saturated rings. The lowest BCUT2D eigenvalue weighted by Gasteiger charge is -2.32. The van der Waals surface area contributed by atoms with E-state index in [0.717, 1.165) is 49.9 Å². The van der Waals surface area contributed by atoms with Gasteiger partial charge in [0.1, 0.15) is 0 Å². The van der Waals surface area contributed by atoms with Gasteiger partial charge in [-0.2, -0.15) is 0 Å². The highest BCUT2D eigenvalue weighted by Gasteiger charge is 2.22. The monoisotopic (exact) mass is 285 g/mol. The zero-order valence-corrected chi connectivity index (χ0v) is 12.4. The van der Waals surface area contributed by atoms with Crippen molar-refractivity contribution in [1.82, 2.24) is 14.5 Å². The summed E-state index contributed by atoms with van der Waals surface area (Å²) in [4.78, 5) is 17.7. The van der Waals surface area contributed by atoms with Crippen LogP contribution in [0.4, 0.5) is 0 Å². The number of piperidine rings is 1. The van der Waals surface area contributed by atoms with Gasteiger partial charge in [-0.3, -0.25) is 4.57 Å². The van der Waals surface area contributed by atoms with Crippen LogP contribution in [0, 0.1) is 0 Å². The van der Waals surface area contributed by atoms with Crippen molar-refractivity contribution in [3.8, 4) is 0 Å². The van der Waals surface area contributed by atoms with Gasteiger partial charge in [-0.1, -0.05) is 18.2 Å². The molecule has 112 valence electrons. The maximum Gasteiger partial charge on any atom is 0.326 e. The van der Waals surface area contributed by atoms with Gasteiger partial charge in [0.15, 0.2) is 0 Å². The molecular formula is C17H23N3O. The maximum atomic E-state index is 12.2. The van der Waals surface area contributed by atoms with E-state index in [-0.39, 0.29) is 5.69 Å². The number of nitrogens with one attached hydrogen (secondary N) is 1. The van der Waals surface area contributed by atoms with Crippen LogP contribution in [0.2, 0.25) is 0 Å². The van der Waals surface area contributed by atoms with Crippen LogP contribution in [-0.4, -0.2) is 34.1 Å². The Labute approximate surface area is 125 Å². The lowest BCUT2D eigenvalue weighted by molar-refractivity contribution is 0.185. The second kappa shape index (κ2) is 6.31. The number of allylic oxidation sites excluding steroid dienone is 1. The van der Waals surface area contributed by atoms with Crippen LogP contribution in [0.3, 0.4) is 0 Å². The minimum absolute atomic E-state index is 0.0290. The number of rotatable bonds is 5. The van der Waals surface area contributed by atoms with E-state index in [2.05, 4.69) is 16.5 Å². The number of hydrogen-bond donors (Lipinski definition) is 1. The molecule has 4 heteroatoms. The summed E-state index contributed by atoms with van der Waals surface area (Å²) >= 11 is 0. The van der Waals surface area contributed by atoms with Crippen LogP contribution in [-0.2, 0) is 0 Å². The van der Waals surface area contributed by atoms with E-state index in [1.807, 2.05) is 34.9 Å². The highest BCUT2D eigenvalue weighted by molar-refractivity contribution is 5.75. The van der Waals surface area contributed by atoms with Gasteiger partial charge in [0.25, 0.3) is 0 Å². The second-order valence-electron chi connectivity index (χ2n) is 5.82. The average Bonchev–Trinajstić information content (AvgIpc) is 2.84. The van der Waals surface area contributed by atoms with Crippen LogP contribution in [0.5, 0.6) is 0 Å². The predicted octanol–water partition coefficient (Wildman–Crippen LogP) is 2.93. The molecule has 21 heavy (non-hydrogen) atoms. The Morgan fingerprint density at radius 3 is 2.81 bits per heavy atom. The van der Waals surface area contributed by atoms with Crippen LogP contribution in [0.25, 0.3) is 11.0 Å². The first-order valence-corrected chi connectivity index (χ1v) is 7.82. The normalized spacial score (nSPS) is 17.3. The van der Waals surface area contributed by atoms with Gasteiger partial charge in [-0.05, 0) is 44.4 Å². The minimum atomic E-state index is 0.0290. The van der Waals surface area contributed by atoms with Crippen molar-refractivity contribution in [3.63, 3.8) is 0 Å². The molecule has 2 heterocycles. The molecule has 0 amide bonds. The third-order valence-electron chi connectivity index (χ3n) is 4.43. The molecule has 0 spiro atoms. The van der Waals surface area contributed by atoms with Gasteiger partial charge in [0.2, 0.25) is 0 Å². The van der Waals surface area contributed by atoms with Crippen LogP contribution >= 0.6 is 0 Å². The molecule has 0 atom stereocenters. The molecule has 1 aliphatic rings. The van der Waals surface area contributed by atoms with Crippen molar-refractivity contribution in [2.75, 3.05) is 19.6 Å². The summed E-state index contributed by atoms with van der Waals surface area (Å²) in [5.74, 6) is 0. The summed E-state index contributed by atoms with van der Waals surface area (Å²) in [6.07, 6.45) is 6.35. The van der Waals surface area contributed by atoms with E-state index < -0.39 is 0 Å². The van der Waals surface area contributed by atoms with Crippen LogP contribution in [0.15, 0.2) is 41.7 Å². The number of aromatic nitrogens is 2. The molecular weight excluding hydrogens is 262 g/mol. The predicted molar refractivity (Wildman–Crippen MR) is 86.7 cm³/mol. The first-order valence-electron chi connectivity index (χ1n) is 7.82. The standard InChI is InChI=1S/C17H23N3O/c1-2-3-6-11-19-12-9-14(10-13-19)20-16-8-5-4-7-15(16)18-17(20)21/h2,4-5,7-8,14H,1,3,6,9-13H2,(H,18,21). The number of hydrogen-bond acceptors (Lipinski definition) is 2. The van der Waals surface area contributed by atoms with Crippen molar-refractivity contribution in [2.45, 2.75) is 31.7 Å². The van der Waals surface area contributed by atoms with E-state index in [9.17, 15) is 4.79 Å². The average molecular weight is 285 g/mol. The fraction of sp³-hybridized carbons (Fsp3) is 0.471. The Morgan fingerprint density at radius 2 is 2.05 bits per heavy atom. The van der Waals surface area contributed by atoms with Gasteiger partial charge in [0.05, 0.1) is 11.0 Å². The Hall–Kier alpha value is -1.81. The van der Waals surface area contributed by atoms with Gasteiger partial charge in [-0.25, -0.2) is 4.79 Å². The Balaban J connectivity index is 1.70. The summed E-state index contributed by atoms with van der Waals surface area (Å²) in [7, 11) is 0. The number of unbranched alkanes of at least 4 members (excludes halogenated alkanes) is 1. The number of fused-ring (bicyclic) bond motifs is 1. The maximum absolute atomic E-state index is 12.2. The van der Waals surface area contributed by atoms with Gasteiger partial charge < -0.3 is 9.88 Å². The molecule has 4 nitrogen and oxygen atoms in total. The summed E-state index contributed by atoms with van der Waals surface area (Å²) < 4.78 is 1.95. The van der Waals surface area contributed by atoms with E-state index in [0.29, 0.717) is 6.04 Å². The molecule has 1 N–H and O–H groups in total. The number of benzene rings is 1. The molecule has 0 saturated carbocycles. The molecule has 1 aliphatic heterocycles. The van der Waals surface area contributed by atoms with Gasteiger partial charge >= 0.3 is 5.69 Å². The largest absolute Gasteiger partial charge is 0.326 e. The fourth-order valence-corrected chi connectivity index (χ4v) is 3.30. The van der Waals surface area contributed by atoms with E-state index in [4.69, 9.17) is 0 Å². The van der Waals surface area contributed by atoms with Gasteiger partial charge in [0, 0.05) is 19.1 Å². The zero-order valence-electron chi connectivity index (χ0n) is 12.4. The zero-order chi connectivity index (χ0) is 14.7. The van der Waals surface area contributed by atoms with Gasteiger partial charge in [-0.15, -0.1) is 6.58 Å². The molecule has 2 aromatic rings. The molecule has 0 bridgehead atoms. The molecule has 0 radical (unpaired) electrons. The molecule has 0 unspecified atom stereocenters. The number of para-hydroxylation sites is 2. The number of imidazole rings is 1. The van der Waals surface area contributed by atoms with Crippen molar-refractivity contribution in [3.05, 3.63) is 47.4 Å². The van der Waals surface area contributed by atoms with Crippen molar-refractivity contribution in [2.24, 2.45) is 0 Å². The summed E-state index contributed by atoms with van der Waals surface area (Å²) in [5, 5.41) is 0. The number of H-pyrrole nitrogens is 1. The molecule has 3 rings (SSSR count). The number of nitrogens with zero attached hydrogens (tertiary/aromatic N) is 2. The molecule has 1 aromatic heterocycles. The summed E-state index contributed by atoms with van der Waals surface area (Å²) in [6.45, 7) is 7.06. The lowest BCUT2D eigenvalue weighted by Crippen LogP contribution is -2.37. The Kier molecular flexibility index (Phi) is 4.25. The third kappa shape index (κ3) is 2.95. The Morgan fingerprint density at radius 1 is 1.29 bits per heavy atom. The van der Waals surface area contributed by atoms with Crippen molar-refractivity contribution in [1.29, 1.82) is 0 Å². The SMILES string of the molecule is C=CCCCN1CCC(n2c(=O)[nH]c3ccccc32)CC1. The minimum Gasteiger partial charge on any atom is -0.306 e. The smallest absolute Gasteiger partial charge is 0.306 e. The van der Waals surface area contributed by atoms with Crippen LogP contribution in [0.1, 0.15) is 31.7 Å². The van der Waals surface area contributed by atoms with Crippen molar-refractivity contribution >= 4 is 11.0 Å². The summed E-state index contributed by atoms with van der Waals surface area (Å²) in [5.41, 5.74) is 2.00. The van der Waals surface area contributed by atoms with E-state index in [1.54, 1.807) is 0 Å². The highest BCUT2D eigenvalue weighted by atomic mass is 16.1. The third-order valence-corrected chi connectivity index (χ3v) is 4.43. The van der Waals surface area contributed by atoms with Crippen molar-refractivity contribution < 1.29 is 0 Å². The molecule has 1 aromatic carbocycles.